The Labute approximate surface area is 216 Å². The van der Waals surface area contributed by atoms with Crippen LogP contribution >= 0.6 is 23.4 Å². The lowest BCUT2D eigenvalue weighted by Crippen LogP contribution is -2.27. The molecule has 36 heavy (non-hydrogen) atoms. The third kappa shape index (κ3) is 5.75. The molecular weight excluding hydrogens is 506 g/mol. The van der Waals surface area contributed by atoms with Crippen molar-refractivity contribution in [2.75, 3.05) is 13.7 Å². The van der Waals surface area contributed by atoms with E-state index in [9.17, 15) is 14.4 Å². The number of hydrogen-bond donors (Lipinski definition) is 0. The first-order chi connectivity index (χ1) is 17.4. The Morgan fingerprint density at radius 3 is 2.61 bits per heavy atom. The van der Waals surface area contributed by atoms with Gasteiger partial charge in [0, 0.05) is 0 Å². The summed E-state index contributed by atoms with van der Waals surface area (Å²) in [6, 6.07) is 15.9. The number of thioether (sulfide) groups is 1. The van der Waals surface area contributed by atoms with Crippen LogP contribution in [0.15, 0.2) is 63.9 Å². The van der Waals surface area contributed by atoms with Gasteiger partial charge in [0.15, 0.2) is 11.5 Å². The highest BCUT2D eigenvalue weighted by Gasteiger charge is 2.36. The molecule has 0 unspecified atom stereocenters. The summed E-state index contributed by atoms with van der Waals surface area (Å²) in [5, 5.41) is -0.144. The van der Waals surface area contributed by atoms with Crippen molar-refractivity contribution in [1.82, 2.24) is 4.90 Å². The van der Waals surface area contributed by atoms with Gasteiger partial charge in [0.05, 0.1) is 30.2 Å². The highest BCUT2D eigenvalue weighted by Crippen LogP contribution is 2.40. The zero-order valence-corrected chi connectivity index (χ0v) is 21.1. The molecule has 1 aromatic heterocycles. The number of amides is 2. The van der Waals surface area contributed by atoms with Gasteiger partial charge in [0.1, 0.15) is 12.4 Å². The van der Waals surface area contributed by atoms with Crippen molar-refractivity contribution in [3.05, 3.63) is 87.2 Å². The van der Waals surface area contributed by atoms with Gasteiger partial charge in [-0.3, -0.25) is 14.5 Å². The molecule has 186 valence electrons. The monoisotopic (exact) mass is 527 g/mol. The molecule has 0 bridgehead atoms. The zero-order chi connectivity index (χ0) is 25.7. The third-order valence-corrected chi connectivity index (χ3v) is 6.28. The van der Waals surface area contributed by atoms with Gasteiger partial charge in [-0.15, -0.1) is 0 Å². The third-order valence-electron chi connectivity index (χ3n) is 5.09. The topological polar surface area (TPSA) is 95.3 Å². The molecular formula is C26H22ClNO7S. The second-order valence-corrected chi connectivity index (χ2v) is 8.96. The summed E-state index contributed by atoms with van der Waals surface area (Å²) in [6.45, 7) is 2.42. The molecule has 1 fully saturated rings. The van der Waals surface area contributed by atoms with E-state index in [2.05, 4.69) is 4.74 Å². The maximum atomic E-state index is 12.9. The number of esters is 1. The van der Waals surface area contributed by atoms with Crippen molar-refractivity contribution in [2.45, 2.75) is 20.1 Å². The smallest absolute Gasteiger partial charge is 0.373 e. The SMILES string of the molecule is CCOc1cc(/C=C2/SC(=O)N(Cc3ccc(C(=O)OC)o3)C2=O)cc(Cl)c1OCc1ccccc1. The molecule has 0 radical (unpaired) electrons. The molecule has 0 atom stereocenters. The minimum Gasteiger partial charge on any atom is -0.490 e. The van der Waals surface area contributed by atoms with Gasteiger partial charge in [0.25, 0.3) is 11.1 Å². The maximum absolute atomic E-state index is 12.9. The number of hydrogen-bond acceptors (Lipinski definition) is 8. The van der Waals surface area contributed by atoms with Crippen LogP contribution in [-0.2, 0) is 22.7 Å². The second-order valence-electron chi connectivity index (χ2n) is 7.56. The number of carbonyl (C=O) groups excluding carboxylic acids is 3. The molecule has 0 aliphatic carbocycles. The fourth-order valence-corrected chi connectivity index (χ4v) is 4.53. The lowest BCUT2D eigenvalue weighted by Gasteiger charge is -2.15. The molecule has 0 saturated carbocycles. The highest BCUT2D eigenvalue weighted by molar-refractivity contribution is 8.18. The molecule has 4 rings (SSSR count). The quantitative estimate of drug-likeness (QED) is 0.249. The number of methoxy groups -OCH3 is 1. The summed E-state index contributed by atoms with van der Waals surface area (Å²) in [7, 11) is 1.23. The maximum Gasteiger partial charge on any atom is 0.373 e. The van der Waals surface area contributed by atoms with E-state index in [1.807, 2.05) is 37.3 Å². The number of rotatable bonds is 9. The van der Waals surface area contributed by atoms with Crippen LogP contribution in [0.3, 0.4) is 0 Å². The number of imide groups is 1. The van der Waals surface area contributed by atoms with Gasteiger partial charge < -0.3 is 18.6 Å². The van der Waals surface area contributed by atoms with Gasteiger partial charge in [-0.1, -0.05) is 41.9 Å². The average molecular weight is 528 g/mol. The molecule has 0 spiro atoms. The Kier molecular flexibility index (Phi) is 8.02. The predicted octanol–water partition coefficient (Wildman–Crippen LogP) is 5.93. The van der Waals surface area contributed by atoms with Crippen LogP contribution in [0, 0.1) is 0 Å². The first-order valence-electron chi connectivity index (χ1n) is 10.9. The predicted molar refractivity (Wildman–Crippen MR) is 135 cm³/mol. The molecule has 2 heterocycles. The number of carbonyl (C=O) groups is 3. The van der Waals surface area contributed by atoms with Crippen LogP contribution in [-0.4, -0.2) is 35.7 Å². The van der Waals surface area contributed by atoms with E-state index in [4.69, 9.17) is 25.5 Å². The van der Waals surface area contributed by atoms with E-state index in [0.29, 0.717) is 35.3 Å². The number of furan rings is 1. The average Bonchev–Trinajstić information content (AvgIpc) is 3.44. The molecule has 1 aliphatic rings. The van der Waals surface area contributed by atoms with E-state index in [1.54, 1.807) is 18.2 Å². The van der Waals surface area contributed by atoms with Crippen molar-refractivity contribution in [3.8, 4) is 11.5 Å². The minimum absolute atomic E-state index is 0.0114. The Bertz CT molecular complexity index is 1320. The summed E-state index contributed by atoms with van der Waals surface area (Å²) in [5.41, 5.74) is 1.55. The molecule has 1 aliphatic heterocycles. The van der Waals surface area contributed by atoms with Crippen molar-refractivity contribution >= 4 is 46.6 Å². The summed E-state index contributed by atoms with van der Waals surface area (Å²) >= 11 is 7.31. The summed E-state index contributed by atoms with van der Waals surface area (Å²) in [6.07, 6.45) is 1.57. The largest absolute Gasteiger partial charge is 0.490 e. The lowest BCUT2D eigenvalue weighted by molar-refractivity contribution is -0.123. The lowest BCUT2D eigenvalue weighted by atomic mass is 10.1. The second kappa shape index (κ2) is 11.4. The summed E-state index contributed by atoms with van der Waals surface area (Å²) < 4.78 is 21.6. The molecule has 0 N–H and O–H groups in total. The molecule has 10 heteroatoms. The molecule has 8 nitrogen and oxygen atoms in total. The highest BCUT2D eigenvalue weighted by atomic mass is 35.5. The van der Waals surface area contributed by atoms with E-state index in [-0.39, 0.29) is 23.0 Å². The van der Waals surface area contributed by atoms with Gasteiger partial charge in [0.2, 0.25) is 5.76 Å². The van der Waals surface area contributed by atoms with Gasteiger partial charge in [-0.05, 0) is 60.2 Å². The van der Waals surface area contributed by atoms with E-state index in [0.717, 1.165) is 22.2 Å². The minimum atomic E-state index is -0.645. The van der Waals surface area contributed by atoms with Gasteiger partial charge in [-0.25, -0.2) is 4.79 Å². The normalized spacial score (nSPS) is 14.4. The number of benzene rings is 2. The van der Waals surface area contributed by atoms with Crippen molar-refractivity contribution < 1.29 is 33.0 Å². The van der Waals surface area contributed by atoms with Crippen LogP contribution in [0.2, 0.25) is 5.02 Å². The Morgan fingerprint density at radius 1 is 1.11 bits per heavy atom. The Hall–Kier alpha value is -3.69. The molecule has 3 aromatic rings. The van der Waals surface area contributed by atoms with Crippen LogP contribution in [0.4, 0.5) is 4.79 Å². The Balaban J connectivity index is 1.53. The molecule has 2 amide bonds. The first-order valence-corrected chi connectivity index (χ1v) is 12.1. The van der Waals surface area contributed by atoms with E-state index >= 15 is 0 Å². The van der Waals surface area contributed by atoms with Gasteiger partial charge >= 0.3 is 5.97 Å². The number of nitrogens with zero attached hydrogens (tertiary/aromatic N) is 1. The summed E-state index contributed by atoms with van der Waals surface area (Å²) in [5.74, 6) is -0.0413. The van der Waals surface area contributed by atoms with Crippen LogP contribution in [0.25, 0.3) is 6.08 Å². The van der Waals surface area contributed by atoms with Gasteiger partial charge in [-0.2, -0.15) is 0 Å². The van der Waals surface area contributed by atoms with E-state index < -0.39 is 17.1 Å². The van der Waals surface area contributed by atoms with Crippen molar-refractivity contribution in [1.29, 1.82) is 0 Å². The number of ether oxygens (including phenoxy) is 3. The van der Waals surface area contributed by atoms with Crippen molar-refractivity contribution in [2.24, 2.45) is 0 Å². The standard InChI is InChI=1S/C26H22ClNO7S/c1-3-33-21-12-17(11-19(27)23(21)34-15-16-7-5-4-6-8-16)13-22-24(29)28(26(31)36-22)14-18-9-10-20(35-18)25(30)32-2/h4-13H,3,14-15H2,1-2H3/b22-13+. The molecule has 1 saturated heterocycles. The number of halogens is 1. The first kappa shape index (κ1) is 25.4. The van der Waals surface area contributed by atoms with Crippen LogP contribution in [0.5, 0.6) is 11.5 Å². The van der Waals surface area contributed by atoms with Crippen LogP contribution < -0.4 is 9.47 Å². The molecule has 2 aromatic carbocycles. The fourth-order valence-electron chi connectivity index (χ4n) is 3.42. The Morgan fingerprint density at radius 2 is 1.89 bits per heavy atom. The van der Waals surface area contributed by atoms with Crippen molar-refractivity contribution in [3.63, 3.8) is 0 Å². The van der Waals surface area contributed by atoms with Crippen LogP contribution in [0.1, 0.15) is 34.4 Å². The summed E-state index contributed by atoms with van der Waals surface area (Å²) in [4.78, 5) is 38.3. The fraction of sp³-hybridized carbons (Fsp3) is 0.192. The zero-order valence-electron chi connectivity index (χ0n) is 19.5. The van der Waals surface area contributed by atoms with E-state index in [1.165, 1.54) is 19.2 Å².